The van der Waals surface area contributed by atoms with Gasteiger partial charge in [0.05, 0.1) is 6.61 Å². The van der Waals surface area contributed by atoms with Gasteiger partial charge in [0.2, 0.25) is 6.29 Å². The molecular weight excluding hydrogens is 186 g/mol. The first-order valence-electron chi connectivity index (χ1n) is 4.76. The van der Waals surface area contributed by atoms with Gasteiger partial charge in [0.15, 0.2) is 5.71 Å². The molecule has 0 aliphatic carbocycles. The maximum atomic E-state index is 11.3. The highest BCUT2D eigenvalue weighted by molar-refractivity contribution is 6.36. The van der Waals surface area contributed by atoms with Crippen LogP contribution in [0.15, 0.2) is 5.16 Å². The van der Waals surface area contributed by atoms with Gasteiger partial charge in [-0.1, -0.05) is 12.1 Å². The summed E-state index contributed by atoms with van der Waals surface area (Å²) in [5.41, 5.74) is 0.254. The molecule has 14 heavy (non-hydrogen) atoms. The van der Waals surface area contributed by atoms with Gasteiger partial charge in [-0.2, -0.15) is 0 Å². The monoisotopic (exact) mass is 201 g/mol. The maximum absolute atomic E-state index is 11.3. The van der Waals surface area contributed by atoms with Crippen LogP contribution in [0.25, 0.3) is 0 Å². The Bertz CT molecular complexity index is 239. The number of aliphatic hydroxyl groups excluding tert-OH is 1. The lowest BCUT2D eigenvalue weighted by atomic mass is 9.98. The second-order valence-electron chi connectivity index (χ2n) is 3.13. The Kier molecular flexibility index (Phi) is 3.88. The molecular formula is C9H15NO4. The average molecular weight is 201 g/mol. The molecule has 0 aromatic rings. The van der Waals surface area contributed by atoms with Crippen molar-refractivity contribution in [3.63, 3.8) is 0 Å². The number of ether oxygens (including phenoxy) is 1. The zero-order valence-electron chi connectivity index (χ0n) is 8.40. The normalized spacial score (nSPS) is 26.4. The Hall–Kier alpha value is -1.10. The van der Waals surface area contributed by atoms with Gasteiger partial charge < -0.3 is 14.7 Å². The van der Waals surface area contributed by atoms with Crippen molar-refractivity contribution in [2.45, 2.75) is 33.0 Å². The molecule has 2 unspecified atom stereocenters. The van der Waals surface area contributed by atoms with Crippen LogP contribution in [0, 0.1) is 5.92 Å². The van der Waals surface area contributed by atoms with Gasteiger partial charge in [-0.3, -0.25) is 0 Å². The Balaban J connectivity index is 2.59. The number of rotatable bonds is 3. The SMILES string of the molecule is CCOC(=O)C1=NOC(O)C(CC)C1. The van der Waals surface area contributed by atoms with Crippen LogP contribution < -0.4 is 0 Å². The lowest BCUT2D eigenvalue weighted by Crippen LogP contribution is -2.33. The number of oxime groups is 1. The standard InChI is InChI=1S/C9H15NO4/c1-3-6-5-7(9(12)13-4-2)10-14-8(6)11/h6,8,11H,3-5H2,1-2H3. The predicted molar refractivity (Wildman–Crippen MR) is 49.6 cm³/mol. The maximum Gasteiger partial charge on any atom is 0.356 e. The topological polar surface area (TPSA) is 68.1 Å². The molecule has 0 saturated carbocycles. The fourth-order valence-electron chi connectivity index (χ4n) is 1.27. The van der Waals surface area contributed by atoms with Crippen molar-refractivity contribution >= 4 is 11.7 Å². The van der Waals surface area contributed by atoms with E-state index >= 15 is 0 Å². The second-order valence-corrected chi connectivity index (χ2v) is 3.13. The summed E-state index contributed by atoms with van der Waals surface area (Å²) in [7, 11) is 0. The van der Waals surface area contributed by atoms with Crippen molar-refractivity contribution in [2.75, 3.05) is 6.61 Å². The summed E-state index contributed by atoms with van der Waals surface area (Å²) in [4.78, 5) is 16.0. The van der Waals surface area contributed by atoms with E-state index in [0.717, 1.165) is 6.42 Å². The number of carbonyl (C=O) groups is 1. The van der Waals surface area contributed by atoms with E-state index < -0.39 is 12.3 Å². The van der Waals surface area contributed by atoms with Gasteiger partial charge in [0.25, 0.3) is 0 Å². The molecule has 1 heterocycles. The third-order valence-corrected chi connectivity index (χ3v) is 2.17. The fourth-order valence-corrected chi connectivity index (χ4v) is 1.27. The number of aliphatic hydroxyl groups is 1. The van der Waals surface area contributed by atoms with Crippen LogP contribution in [0.1, 0.15) is 26.7 Å². The van der Waals surface area contributed by atoms with Gasteiger partial charge in [-0.05, 0) is 13.3 Å². The molecule has 0 radical (unpaired) electrons. The van der Waals surface area contributed by atoms with E-state index in [-0.39, 0.29) is 11.6 Å². The highest BCUT2D eigenvalue weighted by Crippen LogP contribution is 2.20. The molecule has 1 rings (SSSR count). The summed E-state index contributed by atoms with van der Waals surface area (Å²) in [6.07, 6.45) is 0.244. The van der Waals surface area contributed by atoms with Crippen molar-refractivity contribution < 1.29 is 19.5 Å². The van der Waals surface area contributed by atoms with Gasteiger partial charge in [0, 0.05) is 12.3 Å². The smallest absolute Gasteiger partial charge is 0.356 e. The molecule has 0 spiro atoms. The van der Waals surface area contributed by atoms with Gasteiger partial charge in [-0.15, -0.1) is 0 Å². The molecule has 80 valence electrons. The van der Waals surface area contributed by atoms with Gasteiger partial charge in [-0.25, -0.2) is 4.79 Å². The summed E-state index contributed by atoms with van der Waals surface area (Å²) in [6, 6.07) is 0. The summed E-state index contributed by atoms with van der Waals surface area (Å²) in [5.74, 6) is -0.537. The molecule has 0 fully saturated rings. The summed E-state index contributed by atoms with van der Waals surface area (Å²) < 4.78 is 4.78. The molecule has 0 aromatic heterocycles. The molecule has 1 N–H and O–H groups in total. The van der Waals surface area contributed by atoms with Gasteiger partial charge in [0.1, 0.15) is 0 Å². The Morgan fingerprint density at radius 2 is 2.43 bits per heavy atom. The van der Waals surface area contributed by atoms with Crippen molar-refractivity contribution in [1.82, 2.24) is 0 Å². The van der Waals surface area contributed by atoms with E-state index in [1.165, 1.54) is 0 Å². The van der Waals surface area contributed by atoms with E-state index in [4.69, 9.17) is 9.57 Å². The van der Waals surface area contributed by atoms with Crippen molar-refractivity contribution in [3.05, 3.63) is 0 Å². The zero-order chi connectivity index (χ0) is 10.6. The predicted octanol–water partition coefficient (Wildman–Crippen LogP) is 0.670. The first kappa shape index (κ1) is 11.0. The summed E-state index contributed by atoms with van der Waals surface area (Å²) in [6.45, 7) is 3.97. The number of esters is 1. The van der Waals surface area contributed by atoms with Crippen molar-refractivity contribution in [1.29, 1.82) is 0 Å². The lowest BCUT2D eigenvalue weighted by Gasteiger charge is -2.24. The van der Waals surface area contributed by atoms with E-state index in [0.29, 0.717) is 13.0 Å². The van der Waals surface area contributed by atoms with Crippen LogP contribution in [-0.2, 0) is 14.4 Å². The van der Waals surface area contributed by atoms with E-state index in [1.54, 1.807) is 6.92 Å². The highest BCUT2D eigenvalue weighted by atomic mass is 16.7. The second kappa shape index (κ2) is 4.95. The quantitative estimate of drug-likeness (QED) is 0.681. The Morgan fingerprint density at radius 1 is 1.71 bits per heavy atom. The Morgan fingerprint density at radius 3 is 3.00 bits per heavy atom. The third kappa shape index (κ3) is 2.45. The lowest BCUT2D eigenvalue weighted by molar-refractivity contribution is -0.148. The van der Waals surface area contributed by atoms with Crippen LogP contribution in [0.5, 0.6) is 0 Å². The number of carbonyl (C=O) groups excluding carboxylic acids is 1. The first-order chi connectivity index (χ1) is 6.69. The number of hydrogen-bond acceptors (Lipinski definition) is 5. The largest absolute Gasteiger partial charge is 0.461 e. The van der Waals surface area contributed by atoms with Crippen LogP contribution in [0.4, 0.5) is 0 Å². The van der Waals surface area contributed by atoms with Gasteiger partial charge >= 0.3 is 5.97 Å². The molecule has 0 bridgehead atoms. The minimum atomic E-state index is -0.904. The summed E-state index contributed by atoms with van der Waals surface area (Å²) in [5, 5.41) is 12.8. The zero-order valence-corrected chi connectivity index (χ0v) is 8.40. The van der Waals surface area contributed by atoms with Crippen molar-refractivity contribution in [2.24, 2.45) is 11.1 Å². The molecule has 0 amide bonds. The molecule has 0 saturated heterocycles. The molecule has 2 atom stereocenters. The molecule has 1 aliphatic rings. The van der Waals surface area contributed by atoms with Crippen molar-refractivity contribution in [3.8, 4) is 0 Å². The van der Waals surface area contributed by atoms with Crippen LogP contribution in [0.2, 0.25) is 0 Å². The van der Waals surface area contributed by atoms with E-state index in [1.807, 2.05) is 6.92 Å². The summed E-state index contributed by atoms with van der Waals surface area (Å²) >= 11 is 0. The minimum Gasteiger partial charge on any atom is -0.461 e. The van der Waals surface area contributed by atoms with E-state index in [2.05, 4.69) is 5.16 Å². The highest BCUT2D eigenvalue weighted by Gasteiger charge is 2.29. The molecule has 5 nitrogen and oxygen atoms in total. The first-order valence-corrected chi connectivity index (χ1v) is 4.76. The minimum absolute atomic E-state index is 0.0769. The average Bonchev–Trinajstić information content (AvgIpc) is 2.19. The molecule has 5 heteroatoms. The number of hydrogen-bond donors (Lipinski definition) is 1. The van der Waals surface area contributed by atoms with Crippen LogP contribution in [0.3, 0.4) is 0 Å². The third-order valence-electron chi connectivity index (χ3n) is 2.17. The Labute approximate surface area is 82.7 Å². The number of nitrogens with zero attached hydrogens (tertiary/aromatic N) is 1. The molecule has 0 aromatic carbocycles. The van der Waals surface area contributed by atoms with Crippen LogP contribution in [-0.4, -0.2) is 29.7 Å². The van der Waals surface area contributed by atoms with Crippen LogP contribution >= 0.6 is 0 Å². The van der Waals surface area contributed by atoms with E-state index in [9.17, 15) is 9.90 Å². The molecule has 1 aliphatic heterocycles. The fraction of sp³-hybridized carbons (Fsp3) is 0.778.